The molecule has 0 aliphatic heterocycles. The largest absolute Gasteiger partial charge is 0.496 e. The van der Waals surface area contributed by atoms with Gasteiger partial charge >= 0.3 is 0 Å². The fraction of sp³-hybridized carbons (Fsp3) is 0.188. The molecule has 0 aromatic heterocycles. The lowest BCUT2D eigenvalue weighted by atomic mass is 10.1. The molecule has 0 saturated carbocycles. The van der Waals surface area contributed by atoms with Gasteiger partial charge in [-0.1, -0.05) is 23.9 Å². The van der Waals surface area contributed by atoms with Gasteiger partial charge < -0.3 is 4.74 Å². The minimum atomic E-state index is -3.42. The second-order valence-corrected chi connectivity index (χ2v) is 7.73. The van der Waals surface area contributed by atoms with Gasteiger partial charge in [-0.05, 0) is 37.3 Å². The maximum Gasteiger partial charge on any atom is 0.229 e. The molecule has 0 spiro atoms. The highest BCUT2D eigenvalue weighted by atomic mass is 32.2. The van der Waals surface area contributed by atoms with Crippen LogP contribution >= 0.6 is 11.8 Å². The minimum Gasteiger partial charge on any atom is -0.496 e. The van der Waals surface area contributed by atoms with Gasteiger partial charge in [-0.25, -0.2) is 8.42 Å². The Morgan fingerprint density at radius 3 is 2.43 bits per heavy atom. The predicted molar refractivity (Wildman–Crippen MR) is 92.0 cm³/mol. The van der Waals surface area contributed by atoms with Gasteiger partial charge in [0.2, 0.25) is 10.0 Å². The van der Waals surface area contributed by atoms with E-state index in [-0.39, 0.29) is 5.78 Å². The second kappa shape index (κ2) is 7.06. The van der Waals surface area contributed by atoms with Crippen molar-refractivity contribution in [1.29, 1.82) is 0 Å². The number of carbonyl (C=O) groups is 1. The van der Waals surface area contributed by atoms with Crippen LogP contribution in [0.15, 0.2) is 52.3 Å². The number of benzene rings is 2. The minimum absolute atomic E-state index is 0.0854. The summed E-state index contributed by atoms with van der Waals surface area (Å²) in [4.78, 5) is 13.1. The Bertz CT molecular complexity index is 832. The summed E-state index contributed by atoms with van der Waals surface area (Å²) in [5, 5.41) is 0. The van der Waals surface area contributed by atoms with E-state index in [9.17, 15) is 13.2 Å². The molecule has 7 heteroatoms. The molecule has 0 aliphatic carbocycles. The topological polar surface area (TPSA) is 72.5 Å². The molecular weight excluding hydrogens is 334 g/mol. The van der Waals surface area contributed by atoms with Crippen LogP contribution in [0.1, 0.15) is 17.3 Å². The molecule has 0 radical (unpaired) electrons. The first-order chi connectivity index (χ1) is 10.8. The van der Waals surface area contributed by atoms with Crippen molar-refractivity contribution in [2.75, 3.05) is 18.1 Å². The van der Waals surface area contributed by atoms with Crippen LogP contribution in [-0.4, -0.2) is 27.6 Å². The third kappa shape index (κ3) is 4.74. The molecule has 0 saturated heterocycles. The van der Waals surface area contributed by atoms with Gasteiger partial charge in [0.1, 0.15) is 5.75 Å². The number of ether oxygens (including phenoxy) is 1. The summed E-state index contributed by atoms with van der Waals surface area (Å²) in [6.07, 6.45) is 1.09. The number of methoxy groups -OCH3 is 1. The Morgan fingerprint density at radius 2 is 1.83 bits per heavy atom. The van der Waals surface area contributed by atoms with Crippen molar-refractivity contribution >= 4 is 33.3 Å². The number of nitrogens with one attached hydrogen (secondary N) is 1. The first kappa shape index (κ1) is 17.4. The highest BCUT2D eigenvalue weighted by Gasteiger charge is 2.13. The molecule has 2 aromatic carbocycles. The summed E-state index contributed by atoms with van der Waals surface area (Å²) < 4.78 is 30.9. The second-order valence-electron chi connectivity index (χ2n) is 4.89. The Kier molecular flexibility index (Phi) is 5.33. The average Bonchev–Trinajstić information content (AvgIpc) is 2.48. The molecule has 5 nitrogen and oxygen atoms in total. The van der Waals surface area contributed by atoms with Crippen molar-refractivity contribution in [3.8, 4) is 5.75 Å². The standard InChI is InChI=1S/C16H17NO4S2/c1-11(18)12-8-9-13(17-23(3,19)20)16(10-12)22-15-7-5-4-6-14(15)21-2/h4-10,17H,1-3H3. The van der Waals surface area contributed by atoms with Crippen LogP contribution in [0.2, 0.25) is 0 Å². The summed E-state index contributed by atoms with van der Waals surface area (Å²) in [5.41, 5.74) is 0.940. The number of ketones is 1. The zero-order valence-corrected chi connectivity index (χ0v) is 14.6. The highest BCUT2D eigenvalue weighted by Crippen LogP contribution is 2.39. The fourth-order valence-electron chi connectivity index (χ4n) is 1.93. The van der Waals surface area contributed by atoms with Crippen LogP contribution in [0, 0.1) is 0 Å². The van der Waals surface area contributed by atoms with Gasteiger partial charge in [-0.3, -0.25) is 9.52 Å². The SMILES string of the molecule is COc1ccccc1Sc1cc(C(C)=O)ccc1NS(C)(=O)=O. The highest BCUT2D eigenvalue weighted by molar-refractivity contribution is 7.99. The molecule has 0 heterocycles. The molecule has 1 N–H and O–H groups in total. The number of hydrogen-bond donors (Lipinski definition) is 1. The molecular formula is C16H17NO4S2. The molecule has 122 valence electrons. The normalized spacial score (nSPS) is 11.1. The van der Waals surface area contributed by atoms with Gasteiger partial charge in [0.15, 0.2) is 5.78 Å². The lowest BCUT2D eigenvalue weighted by Gasteiger charge is -2.13. The maximum absolute atomic E-state index is 11.6. The molecule has 0 amide bonds. The number of carbonyl (C=O) groups excluding carboxylic acids is 1. The summed E-state index contributed by atoms with van der Waals surface area (Å²) in [6, 6.07) is 12.3. The Hall–Kier alpha value is -1.99. The lowest BCUT2D eigenvalue weighted by molar-refractivity contribution is 0.101. The van der Waals surface area contributed by atoms with Crippen LogP contribution < -0.4 is 9.46 Å². The van der Waals surface area contributed by atoms with Crippen molar-refractivity contribution in [1.82, 2.24) is 0 Å². The van der Waals surface area contributed by atoms with E-state index in [1.54, 1.807) is 25.3 Å². The van der Waals surface area contributed by atoms with Crippen molar-refractivity contribution < 1.29 is 17.9 Å². The summed E-state index contributed by atoms with van der Waals surface area (Å²) in [6.45, 7) is 1.47. The number of rotatable bonds is 6. The molecule has 0 fully saturated rings. The molecule has 0 unspecified atom stereocenters. The van der Waals surface area contributed by atoms with Crippen LogP contribution in [0.4, 0.5) is 5.69 Å². The number of sulfonamides is 1. The van der Waals surface area contributed by atoms with E-state index in [1.165, 1.54) is 18.7 Å². The lowest BCUT2D eigenvalue weighted by Crippen LogP contribution is -2.10. The third-order valence-corrected chi connectivity index (χ3v) is 4.68. The molecule has 0 atom stereocenters. The van der Waals surface area contributed by atoms with Crippen molar-refractivity contribution in [2.45, 2.75) is 16.7 Å². The first-order valence-electron chi connectivity index (χ1n) is 6.74. The summed E-state index contributed by atoms with van der Waals surface area (Å²) in [5.74, 6) is 0.591. The van der Waals surface area contributed by atoms with Crippen LogP contribution in [0.25, 0.3) is 0 Å². The maximum atomic E-state index is 11.6. The summed E-state index contributed by atoms with van der Waals surface area (Å²) >= 11 is 1.33. The van der Waals surface area contributed by atoms with Crippen molar-refractivity contribution in [2.24, 2.45) is 0 Å². The van der Waals surface area contributed by atoms with E-state index >= 15 is 0 Å². The van der Waals surface area contributed by atoms with E-state index in [0.717, 1.165) is 11.2 Å². The molecule has 2 rings (SSSR count). The Labute approximate surface area is 140 Å². The number of Topliss-reactive ketones (excluding diaryl/α,β-unsaturated/α-hetero) is 1. The third-order valence-electron chi connectivity index (χ3n) is 2.97. The quantitative estimate of drug-likeness (QED) is 0.807. The molecule has 2 aromatic rings. The first-order valence-corrected chi connectivity index (χ1v) is 9.44. The molecule has 23 heavy (non-hydrogen) atoms. The average molecular weight is 351 g/mol. The number of hydrogen-bond acceptors (Lipinski definition) is 5. The Morgan fingerprint density at radius 1 is 1.13 bits per heavy atom. The van der Waals surface area contributed by atoms with Gasteiger partial charge in [0.05, 0.1) is 23.9 Å². The van der Waals surface area contributed by atoms with E-state index in [0.29, 0.717) is 21.9 Å². The smallest absolute Gasteiger partial charge is 0.229 e. The number of anilines is 1. The molecule has 0 bridgehead atoms. The van der Waals surface area contributed by atoms with E-state index in [1.807, 2.05) is 24.3 Å². The van der Waals surface area contributed by atoms with Crippen molar-refractivity contribution in [3.05, 3.63) is 48.0 Å². The van der Waals surface area contributed by atoms with Crippen LogP contribution in [0.5, 0.6) is 5.75 Å². The molecule has 0 aliphatic rings. The number of para-hydroxylation sites is 1. The van der Waals surface area contributed by atoms with Crippen LogP contribution in [-0.2, 0) is 10.0 Å². The summed E-state index contributed by atoms with van der Waals surface area (Å²) in [7, 11) is -1.85. The Balaban J connectivity index is 2.48. The van der Waals surface area contributed by atoms with Gasteiger partial charge in [-0.2, -0.15) is 0 Å². The van der Waals surface area contributed by atoms with Crippen LogP contribution in [0.3, 0.4) is 0 Å². The monoisotopic (exact) mass is 351 g/mol. The zero-order chi connectivity index (χ0) is 17.0. The van der Waals surface area contributed by atoms with Crippen molar-refractivity contribution in [3.63, 3.8) is 0 Å². The predicted octanol–water partition coefficient (Wildman–Crippen LogP) is 3.42. The van der Waals surface area contributed by atoms with Gasteiger partial charge in [-0.15, -0.1) is 0 Å². The zero-order valence-electron chi connectivity index (χ0n) is 13.0. The fourth-order valence-corrected chi connectivity index (χ4v) is 3.62. The van der Waals surface area contributed by atoms with Gasteiger partial charge in [0, 0.05) is 10.5 Å². The van der Waals surface area contributed by atoms with Gasteiger partial charge in [0.25, 0.3) is 0 Å². The van der Waals surface area contributed by atoms with E-state index < -0.39 is 10.0 Å². The van der Waals surface area contributed by atoms with E-state index in [4.69, 9.17) is 4.74 Å². The van der Waals surface area contributed by atoms with E-state index in [2.05, 4.69) is 4.72 Å².